The predicted octanol–water partition coefficient (Wildman–Crippen LogP) is 5.81. The molecule has 0 fully saturated rings. The van der Waals surface area contributed by atoms with Crippen molar-refractivity contribution in [3.05, 3.63) is 17.5 Å². The third kappa shape index (κ3) is 2.65. The van der Waals surface area contributed by atoms with Crippen molar-refractivity contribution < 1.29 is 0 Å². The van der Waals surface area contributed by atoms with Crippen LogP contribution in [0, 0.1) is 0 Å². The molecule has 0 aromatic rings. The van der Waals surface area contributed by atoms with Crippen molar-refractivity contribution in [3.8, 4) is 0 Å². The van der Waals surface area contributed by atoms with Crippen LogP contribution in [0.25, 0.3) is 0 Å². The molecule has 8 heteroatoms. The summed E-state index contributed by atoms with van der Waals surface area (Å²) in [6.45, 7) is 0. The number of halogens is 4. The molecule has 14 heavy (non-hydrogen) atoms. The fraction of sp³-hybridized carbons (Fsp3) is 0.333. The largest absolute Gasteiger partial charge is 0.0998 e. The normalized spacial score (nSPS) is 25.7. The van der Waals surface area contributed by atoms with Gasteiger partial charge in [0.05, 0.1) is 26.6 Å². The third-order valence-electron chi connectivity index (χ3n) is 1.41. The zero-order chi connectivity index (χ0) is 10.3. The molecule has 0 radical (unpaired) electrons. The fourth-order valence-electron chi connectivity index (χ4n) is 0.864. The molecule has 0 bridgehead atoms. The Bertz CT molecular complexity index is 266. The minimum absolute atomic E-state index is 0.287. The van der Waals surface area contributed by atoms with Gasteiger partial charge in [0.2, 0.25) is 0 Å². The maximum atomic E-state index is 5.90. The molecular weight excluding hydrogens is 342 g/mol. The summed E-state index contributed by atoms with van der Waals surface area (Å²) >= 11 is 29.9. The molecule has 0 amide bonds. The van der Waals surface area contributed by atoms with Gasteiger partial charge in [-0.1, -0.05) is 93.5 Å². The molecule has 0 spiro atoms. The van der Waals surface area contributed by atoms with Gasteiger partial charge in [-0.25, -0.2) is 0 Å². The van der Waals surface area contributed by atoms with Crippen LogP contribution in [0.5, 0.6) is 0 Å². The molecule has 0 saturated heterocycles. The van der Waals surface area contributed by atoms with E-state index in [0.29, 0.717) is 17.5 Å². The second-order valence-electron chi connectivity index (χ2n) is 2.30. The lowest BCUT2D eigenvalue weighted by atomic mass is 10.9. The molecule has 0 nitrogen and oxygen atoms in total. The van der Waals surface area contributed by atoms with E-state index in [1.807, 2.05) is 0 Å². The second kappa shape index (κ2) is 5.13. The van der Waals surface area contributed by atoms with Gasteiger partial charge in [0.15, 0.2) is 0 Å². The molecule has 78 valence electrons. The highest BCUT2D eigenvalue weighted by Crippen LogP contribution is 2.60. The minimum atomic E-state index is 0.287. The summed E-state index contributed by atoms with van der Waals surface area (Å²) in [6, 6.07) is 0. The summed E-state index contributed by atoms with van der Waals surface area (Å²) in [4.78, 5) is 0. The summed E-state index contributed by atoms with van der Waals surface area (Å²) in [5.41, 5.74) is 0. The number of thioether (sulfide) groups is 4. The van der Waals surface area contributed by atoms with Crippen molar-refractivity contribution in [2.24, 2.45) is 0 Å². The van der Waals surface area contributed by atoms with Crippen LogP contribution in [0.3, 0.4) is 0 Å². The van der Waals surface area contributed by atoms with Gasteiger partial charge in [0, 0.05) is 0 Å². The zero-order valence-corrected chi connectivity index (χ0v) is 12.6. The summed E-state index contributed by atoms with van der Waals surface area (Å²) in [5.74, 6) is 0. The second-order valence-corrected chi connectivity index (χ2v) is 9.92. The average Bonchev–Trinajstić information content (AvgIpc) is 2.60. The van der Waals surface area contributed by atoms with Crippen molar-refractivity contribution in [3.63, 3.8) is 0 Å². The van der Waals surface area contributed by atoms with Crippen LogP contribution in [-0.4, -0.2) is 9.16 Å². The zero-order valence-electron chi connectivity index (χ0n) is 6.30. The molecule has 0 N–H and O–H groups in total. The molecule has 0 unspecified atom stereocenters. The average molecular weight is 344 g/mol. The van der Waals surface area contributed by atoms with E-state index in [0.717, 1.165) is 0 Å². The first-order valence-corrected chi connectivity index (χ1v) is 8.38. The van der Waals surface area contributed by atoms with Gasteiger partial charge in [-0.2, -0.15) is 0 Å². The van der Waals surface area contributed by atoms with Crippen molar-refractivity contribution in [1.82, 2.24) is 0 Å². The van der Waals surface area contributed by atoms with Crippen LogP contribution >= 0.6 is 93.5 Å². The number of hydrogen-bond acceptors (Lipinski definition) is 4. The van der Waals surface area contributed by atoms with Gasteiger partial charge in [0.25, 0.3) is 0 Å². The molecule has 2 aliphatic heterocycles. The monoisotopic (exact) mass is 342 g/mol. The predicted molar refractivity (Wildman–Crippen MR) is 75.4 cm³/mol. The standard InChI is InChI=1S/C6H2Cl4S4/c7-1-2(8)12-5(11-1)6-13-3(9)4(10)14-6/h5-6H. The Labute approximate surface area is 119 Å². The Kier molecular flexibility index (Phi) is 4.58. The SMILES string of the molecule is ClC1=C(Cl)SC(C2SC(Cl)=C(Cl)S2)S1. The Hall–Kier alpha value is 2.04. The molecule has 0 aliphatic carbocycles. The first kappa shape index (κ1) is 12.5. The van der Waals surface area contributed by atoms with Crippen LogP contribution in [0.2, 0.25) is 0 Å². The quantitative estimate of drug-likeness (QED) is 0.589. The van der Waals surface area contributed by atoms with Gasteiger partial charge in [-0.15, -0.1) is 0 Å². The summed E-state index contributed by atoms with van der Waals surface area (Å²) < 4.78 is 3.25. The molecule has 2 aliphatic rings. The highest BCUT2D eigenvalue weighted by molar-refractivity contribution is 8.31. The van der Waals surface area contributed by atoms with E-state index in [1.54, 1.807) is 47.0 Å². The molecule has 0 aromatic carbocycles. The molecule has 0 aromatic heterocycles. The Balaban J connectivity index is 1.96. The Morgan fingerprint density at radius 2 is 0.786 bits per heavy atom. The summed E-state index contributed by atoms with van der Waals surface area (Å²) in [5, 5.41) is 0. The van der Waals surface area contributed by atoms with E-state index < -0.39 is 0 Å². The first-order valence-electron chi connectivity index (χ1n) is 3.35. The smallest absolute Gasteiger partial charge is 0.0950 e. The van der Waals surface area contributed by atoms with Gasteiger partial charge >= 0.3 is 0 Å². The maximum absolute atomic E-state index is 5.90. The van der Waals surface area contributed by atoms with Crippen LogP contribution in [-0.2, 0) is 0 Å². The molecule has 2 heterocycles. The number of hydrogen-bond donors (Lipinski definition) is 0. The summed E-state index contributed by atoms with van der Waals surface area (Å²) in [6.07, 6.45) is 0. The van der Waals surface area contributed by atoms with E-state index in [4.69, 9.17) is 46.4 Å². The lowest BCUT2D eigenvalue weighted by Crippen LogP contribution is -2.06. The van der Waals surface area contributed by atoms with Crippen LogP contribution < -0.4 is 0 Å². The lowest BCUT2D eigenvalue weighted by molar-refractivity contribution is 1.39. The summed E-state index contributed by atoms with van der Waals surface area (Å²) in [7, 11) is 0. The van der Waals surface area contributed by atoms with Gasteiger partial charge in [0.1, 0.15) is 0 Å². The third-order valence-corrected chi connectivity index (χ3v) is 9.64. The van der Waals surface area contributed by atoms with E-state index in [-0.39, 0.29) is 9.16 Å². The minimum Gasteiger partial charge on any atom is -0.0950 e. The van der Waals surface area contributed by atoms with E-state index in [9.17, 15) is 0 Å². The first-order chi connectivity index (χ1) is 6.58. The van der Waals surface area contributed by atoms with Crippen molar-refractivity contribution >= 4 is 93.5 Å². The highest BCUT2D eigenvalue weighted by atomic mass is 35.5. The van der Waals surface area contributed by atoms with Gasteiger partial charge < -0.3 is 0 Å². The van der Waals surface area contributed by atoms with E-state index in [2.05, 4.69) is 0 Å². The maximum Gasteiger partial charge on any atom is 0.0998 e. The van der Waals surface area contributed by atoms with Gasteiger partial charge in [-0.05, 0) is 0 Å². The van der Waals surface area contributed by atoms with Gasteiger partial charge in [-0.3, -0.25) is 0 Å². The Morgan fingerprint density at radius 3 is 1.00 bits per heavy atom. The molecular formula is C6H2Cl4S4. The highest BCUT2D eigenvalue weighted by Gasteiger charge is 2.36. The lowest BCUT2D eigenvalue weighted by Gasteiger charge is -2.14. The van der Waals surface area contributed by atoms with Crippen LogP contribution in [0.15, 0.2) is 17.5 Å². The molecule has 0 saturated carbocycles. The van der Waals surface area contributed by atoms with Crippen molar-refractivity contribution in [1.29, 1.82) is 0 Å². The topological polar surface area (TPSA) is 0 Å². The molecule has 0 atom stereocenters. The van der Waals surface area contributed by atoms with Crippen molar-refractivity contribution in [2.75, 3.05) is 0 Å². The molecule has 2 rings (SSSR count). The van der Waals surface area contributed by atoms with E-state index >= 15 is 0 Å². The van der Waals surface area contributed by atoms with Crippen LogP contribution in [0.4, 0.5) is 0 Å². The van der Waals surface area contributed by atoms with Crippen molar-refractivity contribution in [2.45, 2.75) is 9.16 Å². The van der Waals surface area contributed by atoms with E-state index in [1.165, 1.54) is 0 Å². The Morgan fingerprint density at radius 1 is 0.571 bits per heavy atom. The van der Waals surface area contributed by atoms with Crippen LogP contribution in [0.1, 0.15) is 0 Å². The fourth-order valence-corrected chi connectivity index (χ4v) is 8.26. The number of rotatable bonds is 1.